The van der Waals surface area contributed by atoms with Crippen LogP contribution in [0, 0.1) is 5.82 Å². The average Bonchev–Trinajstić information content (AvgIpc) is 2.76. The molecule has 0 saturated carbocycles. The van der Waals surface area contributed by atoms with Gasteiger partial charge < -0.3 is 14.8 Å². The lowest BCUT2D eigenvalue weighted by molar-refractivity contribution is -0.121. The minimum absolute atomic E-state index is 0.0794. The third kappa shape index (κ3) is 6.02. The van der Waals surface area contributed by atoms with Crippen LogP contribution in [0.4, 0.5) is 4.39 Å². The van der Waals surface area contributed by atoms with Crippen molar-refractivity contribution in [3.63, 3.8) is 0 Å². The number of carbonyl (C=O) groups excluding carboxylic acids is 1. The summed E-state index contributed by atoms with van der Waals surface area (Å²) in [4.78, 5) is 12.4. The van der Waals surface area contributed by atoms with E-state index in [1.807, 2.05) is 24.3 Å². The number of hydrogen-bond donors (Lipinski definition) is 2. The molecule has 2 aromatic carbocycles. The highest BCUT2D eigenvalue weighted by molar-refractivity contribution is 5.78. The summed E-state index contributed by atoms with van der Waals surface area (Å²) in [5, 5.41) is 6.35. The maximum atomic E-state index is 13.3. The molecule has 1 aliphatic rings. The lowest BCUT2D eigenvalue weighted by Crippen LogP contribution is -2.50. The minimum atomic E-state index is -0.373. The SMILES string of the molecule is CCCOc1ccc(CNC(=O)CNC2(c3ccc(F)cc3)CCOCC2)cc1. The van der Waals surface area contributed by atoms with Gasteiger partial charge in [0, 0.05) is 25.3 Å². The van der Waals surface area contributed by atoms with Crippen molar-refractivity contribution in [3.8, 4) is 5.75 Å². The Hall–Kier alpha value is -2.44. The van der Waals surface area contributed by atoms with E-state index in [2.05, 4.69) is 17.6 Å². The van der Waals surface area contributed by atoms with Crippen molar-refractivity contribution in [2.45, 2.75) is 38.3 Å². The molecule has 0 aliphatic carbocycles. The molecule has 0 unspecified atom stereocenters. The van der Waals surface area contributed by atoms with Crippen molar-refractivity contribution < 1.29 is 18.7 Å². The van der Waals surface area contributed by atoms with Crippen LogP contribution in [0.5, 0.6) is 5.75 Å². The van der Waals surface area contributed by atoms with E-state index in [0.717, 1.165) is 36.1 Å². The van der Waals surface area contributed by atoms with Crippen LogP contribution in [0.2, 0.25) is 0 Å². The number of nitrogens with one attached hydrogen (secondary N) is 2. The highest BCUT2D eigenvalue weighted by atomic mass is 19.1. The third-order valence-electron chi connectivity index (χ3n) is 5.22. The van der Waals surface area contributed by atoms with Crippen molar-refractivity contribution in [1.82, 2.24) is 10.6 Å². The molecule has 1 aliphatic heterocycles. The van der Waals surface area contributed by atoms with Crippen molar-refractivity contribution in [3.05, 3.63) is 65.5 Å². The summed E-state index contributed by atoms with van der Waals surface area (Å²) in [6, 6.07) is 14.2. The van der Waals surface area contributed by atoms with Gasteiger partial charge >= 0.3 is 0 Å². The van der Waals surface area contributed by atoms with Crippen LogP contribution in [0.15, 0.2) is 48.5 Å². The molecular formula is C23H29FN2O3. The van der Waals surface area contributed by atoms with Crippen molar-refractivity contribution in [2.24, 2.45) is 0 Å². The first-order valence-corrected chi connectivity index (χ1v) is 10.2. The molecule has 1 heterocycles. The molecule has 0 bridgehead atoms. The van der Waals surface area contributed by atoms with E-state index in [1.165, 1.54) is 12.1 Å². The van der Waals surface area contributed by atoms with Gasteiger partial charge in [0.15, 0.2) is 0 Å². The van der Waals surface area contributed by atoms with Crippen LogP contribution >= 0.6 is 0 Å². The number of rotatable bonds is 9. The zero-order valence-corrected chi connectivity index (χ0v) is 16.9. The summed E-state index contributed by atoms with van der Waals surface area (Å²) in [5.74, 6) is 0.494. The lowest BCUT2D eigenvalue weighted by Gasteiger charge is -2.38. The summed E-state index contributed by atoms with van der Waals surface area (Å²) in [7, 11) is 0. The van der Waals surface area contributed by atoms with Crippen LogP contribution in [0.25, 0.3) is 0 Å². The van der Waals surface area contributed by atoms with Crippen molar-refractivity contribution in [2.75, 3.05) is 26.4 Å². The number of halogens is 1. The Labute approximate surface area is 171 Å². The molecule has 0 spiro atoms. The molecule has 1 amide bonds. The number of hydrogen-bond acceptors (Lipinski definition) is 4. The fourth-order valence-corrected chi connectivity index (χ4v) is 3.49. The molecule has 2 N–H and O–H groups in total. The largest absolute Gasteiger partial charge is 0.494 e. The molecule has 0 radical (unpaired) electrons. The van der Waals surface area contributed by atoms with E-state index in [1.54, 1.807) is 12.1 Å². The van der Waals surface area contributed by atoms with Gasteiger partial charge in [-0.05, 0) is 54.7 Å². The first-order chi connectivity index (χ1) is 14.1. The van der Waals surface area contributed by atoms with Gasteiger partial charge in [-0.3, -0.25) is 10.1 Å². The maximum Gasteiger partial charge on any atom is 0.234 e. The molecule has 1 saturated heterocycles. The monoisotopic (exact) mass is 400 g/mol. The molecule has 2 aromatic rings. The van der Waals surface area contributed by atoms with Gasteiger partial charge in [0.25, 0.3) is 0 Å². The van der Waals surface area contributed by atoms with E-state index in [0.29, 0.717) is 26.4 Å². The third-order valence-corrected chi connectivity index (χ3v) is 5.22. The quantitative estimate of drug-likeness (QED) is 0.676. The van der Waals surface area contributed by atoms with Gasteiger partial charge in [0.05, 0.1) is 13.2 Å². The van der Waals surface area contributed by atoms with Crippen molar-refractivity contribution >= 4 is 5.91 Å². The highest BCUT2D eigenvalue weighted by Gasteiger charge is 2.34. The van der Waals surface area contributed by atoms with Crippen LogP contribution in [0.1, 0.15) is 37.3 Å². The fraction of sp³-hybridized carbons (Fsp3) is 0.435. The zero-order chi connectivity index (χ0) is 20.5. The molecule has 29 heavy (non-hydrogen) atoms. The number of amides is 1. The lowest BCUT2D eigenvalue weighted by atomic mass is 9.82. The summed E-state index contributed by atoms with van der Waals surface area (Å²) in [5.41, 5.74) is 1.63. The first-order valence-electron chi connectivity index (χ1n) is 10.2. The second kappa shape index (κ2) is 10.4. The second-order valence-corrected chi connectivity index (χ2v) is 7.32. The predicted octanol–water partition coefficient (Wildman–Crippen LogP) is 3.53. The highest BCUT2D eigenvalue weighted by Crippen LogP contribution is 2.32. The van der Waals surface area contributed by atoms with Crippen LogP contribution < -0.4 is 15.4 Å². The molecule has 0 aromatic heterocycles. The molecule has 156 valence electrons. The average molecular weight is 400 g/mol. The molecule has 5 nitrogen and oxygen atoms in total. The Morgan fingerprint density at radius 2 is 1.79 bits per heavy atom. The Kier molecular flexibility index (Phi) is 7.61. The normalized spacial score (nSPS) is 15.7. The smallest absolute Gasteiger partial charge is 0.234 e. The second-order valence-electron chi connectivity index (χ2n) is 7.32. The molecular weight excluding hydrogens is 371 g/mol. The fourth-order valence-electron chi connectivity index (χ4n) is 3.49. The van der Waals surface area contributed by atoms with Crippen molar-refractivity contribution in [1.29, 1.82) is 0 Å². The molecule has 6 heteroatoms. The van der Waals surface area contributed by atoms with Gasteiger partial charge in [-0.2, -0.15) is 0 Å². The van der Waals surface area contributed by atoms with Crippen LogP contribution in [-0.4, -0.2) is 32.3 Å². The topological polar surface area (TPSA) is 59.6 Å². The zero-order valence-electron chi connectivity index (χ0n) is 16.9. The Bertz CT molecular complexity index is 772. The molecule has 1 fully saturated rings. The van der Waals surface area contributed by atoms with E-state index < -0.39 is 0 Å². The number of ether oxygens (including phenoxy) is 2. The van der Waals surface area contributed by atoms with Gasteiger partial charge in [-0.15, -0.1) is 0 Å². The van der Waals surface area contributed by atoms with E-state index in [-0.39, 0.29) is 23.8 Å². The maximum absolute atomic E-state index is 13.3. The molecule has 0 atom stereocenters. The van der Waals surface area contributed by atoms with E-state index >= 15 is 0 Å². The van der Waals surface area contributed by atoms with Gasteiger partial charge in [-0.25, -0.2) is 4.39 Å². The first kappa shape index (κ1) is 21.3. The van der Waals surface area contributed by atoms with E-state index in [4.69, 9.17) is 9.47 Å². The van der Waals surface area contributed by atoms with Crippen LogP contribution in [0.3, 0.4) is 0 Å². The Balaban J connectivity index is 1.53. The minimum Gasteiger partial charge on any atom is -0.494 e. The number of carbonyl (C=O) groups is 1. The predicted molar refractivity (Wildman–Crippen MR) is 110 cm³/mol. The summed E-state index contributed by atoms with van der Waals surface area (Å²) < 4.78 is 24.4. The summed E-state index contributed by atoms with van der Waals surface area (Å²) in [6.45, 7) is 4.63. The Morgan fingerprint density at radius 3 is 2.45 bits per heavy atom. The van der Waals surface area contributed by atoms with Gasteiger partial charge in [0.1, 0.15) is 11.6 Å². The Morgan fingerprint density at radius 1 is 1.10 bits per heavy atom. The van der Waals surface area contributed by atoms with E-state index in [9.17, 15) is 9.18 Å². The van der Waals surface area contributed by atoms with Crippen LogP contribution in [-0.2, 0) is 21.6 Å². The molecule has 3 rings (SSSR count). The van der Waals surface area contributed by atoms with Gasteiger partial charge in [-0.1, -0.05) is 31.2 Å². The summed E-state index contributed by atoms with van der Waals surface area (Å²) in [6.07, 6.45) is 2.45. The summed E-state index contributed by atoms with van der Waals surface area (Å²) >= 11 is 0. The standard InChI is InChI=1S/C23H29FN2O3/c1-2-13-29-21-9-3-18(4-10-21)16-25-22(27)17-26-23(11-14-28-15-12-23)19-5-7-20(24)8-6-19/h3-10,26H,2,11-17H2,1H3,(H,25,27). The van der Waals surface area contributed by atoms with Gasteiger partial charge in [0.2, 0.25) is 5.91 Å². The number of benzene rings is 2.